The predicted octanol–water partition coefficient (Wildman–Crippen LogP) is 4.86. The number of rotatable bonds is 7. The van der Waals surface area contributed by atoms with E-state index in [2.05, 4.69) is 5.32 Å². The highest BCUT2D eigenvalue weighted by molar-refractivity contribution is 6.22. The van der Waals surface area contributed by atoms with Crippen LogP contribution in [0.1, 0.15) is 56.9 Å². The second-order valence-corrected chi connectivity index (χ2v) is 8.94. The van der Waals surface area contributed by atoms with Gasteiger partial charge in [0.05, 0.1) is 11.1 Å². The van der Waals surface area contributed by atoms with Crippen molar-refractivity contribution in [3.05, 3.63) is 95.1 Å². The average Bonchev–Trinajstić information content (AvgIpc) is 3.09. The lowest BCUT2D eigenvalue weighted by Crippen LogP contribution is -2.47. The van der Waals surface area contributed by atoms with Crippen molar-refractivity contribution in [2.45, 2.75) is 33.2 Å². The third kappa shape index (κ3) is 5.14. The molecule has 7 nitrogen and oxygen atoms in total. The zero-order chi connectivity index (χ0) is 25.1. The Balaban J connectivity index is 1.48. The van der Waals surface area contributed by atoms with Gasteiger partial charge in [-0.1, -0.05) is 43.7 Å². The number of carbonyl (C=O) groups is 4. The molecule has 1 unspecified atom stereocenters. The lowest BCUT2D eigenvalue weighted by molar-refractivity contribution is -0.139. The van der Waals surface area contributed by atoms with Crippen molar-refractivity contribution in [1.82, 2.24) is 4.90 Å². The molecule has 3 aromatic carbocycles. The van der Waals surface area contributed by atoms with Crippen LogP contribution >= 0.6 is 0 Å². The summed E-state index contributed by atoms with van der Waals surface area (Å²) in [6, 6.07) is 19.0. The van der Waals surface area contributed by atoms with Gasteiger partial charge < -0.3 is 10.1 Å². The number of fused-ring (bicyclic) bond motifs is 1. The molecule has 0 saturated heterocycles. The van der Waals surface area contributed by atoms with Crippen LogP contribution in [0.3, 0.4) is 0 Å². The zero-order valence-corrected chi connectivity index (χ0v) is 19.8. The lowest BCUT2D eigenvalue weighted by atomic mass is 10.0. The fourth-order valence-corrected chi connectivity index (χ4v) is 3.94. The molecule has 0 radical (unpaired) electrons. The van der Waals surface area contributed by atoms with Gasteiger partial charge in [-0.15, -0.1) is 0 Å². The topological polar surface area (TPSA) is 92.8 Å². The van der Waals surface area contributed by atoms with Crippen LogP contribution in [0, 0.1) is 12.8 Å². The Hall–Kier alpha value is -4.26. The highest BCUT2D eigenvalue weighted by Gasteiger charge is 2.43. The molecule has 1 N–H and O–H groups in total. The number of esters is 1. The first kappa shape index (κ1) is 23.9. The first-order valence-corrected chi connectivity index (χ1v) is 11.4. The van der Waals surface area contributed by atoms with Gasteiger partial charge in [-0.3, -0.25) is 19.3 Å². The van der Waals surface area contributed by atoms with E-state index >= 15 is 0 Å². The second kappa shape index (κ2) is 9.93. The molecule has 0 aromatic heterocycles. The molecular formula is C28H26N2O5. The Labute approximate surface area is 203 Å². The van der Waals surface area contributed by atoms with Crippen molar-refractivity contribution in [1.29, 1.82) is 0 Å². The molecule has 0 aliphatic carbocycles. The summed E-state index contributed by atoms with van der Waals surface area (Å²) in [5.74, 6) is -1.76. The number of hydrogen-bond donors (Lipinski definition) is 1. The minimum absolute atomic E-state index is 0.0321. The van der Waals surface area contributed by atoms with Crippen molar-refractivity contribution >= 4 is 29.4 Å². The molecule has 7 heteroatoms. The van der Waals surface area contributed by atoms with Gasteiger partial charge in [-0.05, 0) is 67.8 Å². The summed E-state index contributed by atoms with van der Waals surface area (Å²) < 4.78 is 5.53. The molecule has 1 aliphatic rings. The quantitative estimate of drug-likeness (QED) is 0.302. The SMILES string of the molecule is Cc1ccc(NC(=O)c2ccc(OC(=O)C(CC(C)C)N3C(=O)c4ccccc4C3=O)cc2)cc1. The number of amides is 3. The Kier molecular flexibility index (Phi) is 6.78. The van der Waals surface area contributed by atoms with Gasteiger partial charge >= 0.3 is 5.97 Å². The minimum Gasteiger partial charge on any atom is -0.425 e. The lowest BCUT2D eigenvalue weighted by Gasteiger charge is -2.25. The number of aryl methyl sites for hydroxylation is 1. The number of nitrogens with zero attached hydrogens (tertiary/aromatic N) is 1. The van der Waals surface area contributed by atoms with Crippen LogP contribution in [0.4, 0.5) is 5.69 Å². The molecule has 3 amide bonds. The molecule has 0 fully saturated rings. The molecule has 0 saturated carbocycles. The normalized spacial score (nSPS) is 13.5. The summed E-state index contributed by atoms with van der Waals surface area (Å²) in [6.07, 6.45) is 0.265. The van der Waals surface area contributed by atoms with Crippen LogP contribution in [0.15, 0.2) is 72.8 Å². The molecule has 1 heterocycles. The Morgan fingerprint density at radius 3 is 1.97 bits per heavy atom. The average molecular weight is 471 g/mol. The summed E-state index contributed by atoms with van der Waals surface area (Å²) in [5, 5.41) is 2.81. The molecule has 178 valence electrons. The predicted molar refractivity (Wildman–Crippen MR) is 131 cm³/mol. The van der Waals surface area contributed by atoms with E-state index in [9.17, 15) is 19.2 Å². The van der Waals surface area contributed by atoms with Crippen molar-refractivity contribution in [3.8, 4) is 5.75 Å². The minimum atomic E-state index is -1.06. The molecule has 0 spiro atoms. The van der Waals surface area contributed by atoms with Gasteiger partial charge in [-0.25, -0.2) is 4.79 Å². The van der Waals surface area contributed by atoms with Gasteiger partial charge in [0.2, 0.25) is 0 Å². The fraction of sp³-hybridized carbons (Fsp3) is 0.214. The first-order chi connectivity index (χ1) is 16.7. The van der Waals surface area contributed by atoms with E-state index in [0.717, 1.165) is 10.5 Å². The monoisotopic (exact) mass is 470 g/mol. The standard InChI is InChI=1S/C28H26N2O5/c1-17(2)16-24(30-26(32)22-6-4-5-7-23(22)27(30)33)28(34)35-21-14-10-19(11-15-21)25(31)29-20-12-8-18(3)9-13-20/h4-15,17,24H,16H2,1-3H3,(H,29,31). The number of benzene rings is 3. The van der Waals surface area contributed by atoms with Crippen LogP contribution in [0.5, 0.6) is 5.75 Å². The second-order valence-electron chi connectivity index (χ2n) is 8.94. The van der Waals surface area contributed by atoms with Crippen LogP contribution in [-0.2, 0) is 4.79 Å². The first-order valence-electron chi connectivity index (χ1n) is 11.4. The molecule has 3 aromatic rings. The molecule has 0 bridgehead atoms. The van der Waals surface area contributed by atoms with Crippen LogP contribution in [0.25, 0.3) is 0 Å². The van der Waals surface area contributed by atoms with Crippen LogP contribution in [-0.4, -0.2) is 34.6 Å². The van der Waals surface area contributed by atoms with E-state index in [-0.39, 0.29) is 35.1 Å². The van der Waals surface area contributed by atoms with E-state index < -0.39 is 23.8 Å². The van der Waals surface area contributed by atoms with Crippen molar-refractivity contribution in [3.63, 3.8) is 0 Å². The van der Waals surface area contributed by atoms with Gasteiger partial charge in [0.25, 0.3) is 17.7 Å². The van der Waals surface area contributed by atoms with E-state index in [1.165, 1.54) is 12.1 Å². The maximum atomic E-state index is 13.1. The van der Waals surface area contributed by atoms with Crippen molar-refractivity contribution in [2.24, 2.45) is 5.92 Å². The smallest absolute Gasteiger partial charge is 0.334 e. The van der Waals surface area contributed by atoms with Gasteiger partial charge in [0.1, 0.15) is 11.8 Å². The summed E-state index contributed by atoms with van der Waals surface area (Å²) in [5.41, 5.74) is 2.72. The highest BCUT2D eigenvalue weighted by atomic mass is 16.5. The van der Waals surface area contributed by atoms with Gasteiger partial charge in [-0.2, -0.15) is 0 Å². The molecule has 1 aliphatic heterocycles. The van der Waals surface area contributed by atoms with Gasteiger partial charge in [0, 0.05) is 11.3 Å². The molecule has 4 rings (SSSR count). The maximum Gasteiger partial charge on any atom is 0.334 e. The summed E-state index contributed by atoms with van der Waals surface area (Å²) in [6.45, 7) is 5.77. The van der Waals surface area contributed by atoms with Crippen LogP contribution < -0.4 is 10.1 Å². The number of anilines is 1. The molecular weight excluding hydrogens is 444 g/mol. The Bertz CT molecular complexity index is 1240. The largest absolute Gasteiger partial charge is 0.425 e. The number of hydrogen-bond acceptors (Lipinski definition) is 5. The van der Waals surface area contributed by atoms with Gasteiger partial charge in [0.15, 0.2) is 0 Å². The van der Waals surface area contributed by atoms with E-state index in [1.54, 1.807) is 36.4 Å². The highest BCUT2D eigenvalue weighted by Crippen LogP contribution is 2.28. The summed E-state index contributed by atoms with van der Waals surface area (Å²) in [4.78, 5) is 52.5. The van der Waals surface area contributed by atoms with Crippen LogP contribution in [0.2, 0.25) is 0 Å². The number of ether oxygens (including phenoxy) is 1. The Morgan fingerprint density at radius 1 is 0.857 bits per heavy atom. The maximum absolute atomic E-state index is 13.1. The third-order valence-corrected chi connectivity index (χ3v) is 5.75. The zero-order valence-electron chi connectivity index (χ0n) is 19.8. The molecule has 1 atom stereocenters. The van der Waals surface area contributed by atoms with E-state index in [1.807, 2.05) is 45.0 Å². The fourth-order valence-electron chi connectivity index (χ4n) is 3.94. The summed E-state index contributed by atoms with van der Waals surface area (Å²) in [7, 11) is 0. The number of nitrogens with one attached hydrogen (secondary N) is 1. The van der Waals surface area contributed by atoms with E-state index in [4.69, 9.17) is 4.74 Å². The third-order valence-electron chi connectivity index (χ3n) is 5.75. The molecule has 35 heavy (non-hydrogen) atoms. The Morgan fingerprint density at radius 2 is 1.43 bits per heavy atom. The van der Waals surface area contributed by atoms with Crippen molar-refractivity contribution < 1.29 is 23.9 Å². The van der Waals surface area contributed by atoms with E-state index in [0.29, 0.717) is 11.3 Å². The number of carbonyl (C=O) groups excluding carboxylic acids is 4. The summed E-state index contributed by atoms with van der Waals surface area (Å²) >= 11 is 0. The van der Waals surface area contributed by atoms with Crippen molar-refractivity contribution in [2.75, 3.05) is 5.32 Å². The number of imide groups is 1.